The Kier molecular flexibility index (Phi) is 3.05. The van der Waals surface area contributed by atoms with Crippen molar-refractivity contribution >= 4 is 10.0 Å². The van der Waals surface area contributed by atoms with E-state index in [1.807, 2.05) is 0 Å². The molecule has 0 saturated heterocycles. The van der Waals surface area contributed by atoms with Crippen LogP contribution >= 0.6 is 0 Å². The number of sulfonamides is 1. The molecule has 73 valence electrons. The van der Waals surface area contributed by atoms with Crippen molar-refractivity contribution in [3.8, 4) is 0 Å². The van der Waals surface area contributed by atoms with E-state index >= 15 is 0 Å². The molecule has 0 aliphatic rings. The van der Waals surface area contributed by atoms with E-state index in [-0.39, 0.29) is 4.90 Å². The molecule has 1 heterocycles. The molecule has 0 spiro atoms. The number of aromatic nitrogens is 2. The molecular weight excluding hydrogens is 190 g/mol. The molecule has 0 aliphatic carbocycles. The van der Waals surface area contributed by atoms with Gasteiger partial charge in [0.2, 0.25) is 10.0 Å². The fraction of sp³-hybridized carbons (Fsp3) is 0.429. The van der Waals surface area contributed by atoms with E-state index < -0.39 is 10.0 Å². The zero-order chi connectivity index (χ0) is 9.90. The Bertz CT molecular complexity index is 369. The van der Waals surface area contributed by atoms with Gasteiger partial charge in [-0.25, -0.2) is 13.1 Å². The highest BCUT2D eigenvalue weighted by molar-refractivity contribution is 7.89. The Hall–Kier alpha value is -0.880. The number of hydrogen-bond donors (Lipinski definition) is 1. The second-order valence-corrected chi connectivity index (χ2v) is 4.37. The minimum atomic E-state index is -3.37. The number of hydrogen-bond acceptors (Lipinski definition) is 3. The summed E-state index contributed by atoms with van der Waals surface area (Å²) in [5.41, 5.74) is 0. The van der Waals surface area contributed by atoms with Gasteiger partial charge in [-0.3, -0.25) is 4.68 Å². The van der Waals surface area contributed by atoms with E-state index in [4.69, 9.17) is 0 Å². The Morgan fingerprint density at radius 1 is 1.69 bits per heavy atom. The zero-order valence-corrected chi connectivity index (χ0v) is 8.21. The molecular formula is C7H12N3O2S. The molecule has 1 aromatic heterocycles. The third kappa shape index (κ3) is 2.53. The van der Waals surface area contributed by atoms with Crippen LogP contribution in [0.1, 0.15) is 6.42 Å². The van der Waals surface area contributed by atoms with Crippen molar-refractivity contribution in [2.45, 2.75) is 11.3 Å². The van der Waals surface area contributed by atoms with Crippen molar-refractivity contribution in [1.82, 2.24) is 14.5 Å². The topological polar surface area (TPSA) is 64.0 Å². The van der Waals surface area contributed by atoms with Gasteiger partial charge in [0.15, 0.2) is 0 Å². The second-order valence-electron chi connectivity index (χ2n) is 2.60. The normalized spacial score (nSPS) is 11.8. The smallest absolute Gasteiger partial charge is 0.243 e. The van der Waals surface area contributed by atoms with Gasteiger partial charge in [0.05, 0.1) is 6.20 Å². The van der Waals surface area contributed by atoms with Crippen molar-refractivity contribution < 1.29 is 8.42 Å². The molecule has 0 saturated carbocycles. The lowest BCUT2D eigenvalue weighted by atomic mass is 10.5. The highest BCUT2D eigenvalue weighted by Crippen LogP contribution is 2.05. The van der Waals surface area contributed by atoms with E-state index in [1.165, 1.54) is 17.1 Å². The van der Waals surface area contributed by atoms with Crippen LogP contribution < -0.4 is 4.72 Å². The fourth-order valence-corrected chi connectivity index (χ4v) is 1.88. The lowest BCUT2D eigenvalue weighted by Gasteiger charge is -2.00. The summed E-state index contributed by atoms with van der Waals surface area (Å²) in [5.74, 6) is 0. The molecule has 5 nitrogen and oxygen atoms in total. The van der Waals surface area contributed by atoms with Crippen LogP contribution in [0, 0.1) is 6.92 Å². The Balaban J connectivity index is 2.82. The van der Waals surface area contributed by atoms with Crippen molar-refractivity contribution in [3.63, 3.8) is 0 Å². The minimum absolute atomic E-state index is 0.184. The lowest BCUT2D eigenvalue weighted by Crippen LogP contribution is -2.24. The Morgan fingerprint density at radius 2 is 2.38 bits per heavy atom. The predicted molar refractivity (Wildman–Crippen MR) is 48.4 cm³/mol. The van der Waals surface area contributed by atoms with Gasteiger partial charge in [0.1, 0.15) is 4.90 Å². The van der Waals surface area contributed by atoms with Gasteiger partial charge in [0, 0.05) is 19.8 Å². The molecule has 0 aliphatic heterocycles. The molecule has 0 fully saturated rings. The van der Waals surface area contributed by atoms with Crippen LogP contribution in [0.4, 0.5) is 0 Å². The third-order valence-electron chi connectivity index (χ3n) is 1.46. The van der Waals surface area contributed by atoms with E-state index in [0.717, 1.165) is 0 Å². The zero-order valence-electron chi connectivity index (χ0n) is 7.40. The highest BCUT2D eigenvalue weighted by Gasteiger charge is 2.14. The first-order chi connectivity index (χ1) is 6.06. The third-order valence-corrected chi connectivity index (χ3v) is 2.88. The Labute approximate surface area is 77.8 Å². The largest absolute Gasteiger partial charge is 0.274 e. The van der Waals surface area contributed by atoms with Crippen molar-refractivity contribution in [3.05, 3.63) is 19.3 Å². The molecule has 6 heteroatoms. The highest BCUT2D eigenvalue weighted by atomic mass is 32.2. The summed E-state index contributed by atoms with van der Waals surface area (Å²) in [6, 6.07) is 0. The van der Waals surface area contributed by atoms with Gasteiger partial charge < -0.3 is 0 Å². The predicted octanol–water partition coefficient (Wildman–Crippen LogP) is -0.0774. The summed E-state index contributed by atoms with van der Waals surface area (Å²) in [6.45, 7) is 3.88. The summed E-state index contributed by atoms with van der Waals surface area (Å²) in [6.07, 6.45) is 3.29. The van der Waals surface area contributed by atoms with E-state index in [1.54, 1.807) is 7.05 Å². The summed E-state index contributed by atoms with van der Waals surface area (Å²) in [7, 11) is -1.71. The first kappa shape index (κ1) is 10.2. The van der Waals surface area contributed by atoms with Gasteiger partial charge in [-0.2, -0.15) is 5.10 Å². The SMILES string of the molecule is [CH2]CCNS(=O)(=O)c1cnn(C)c1. The summed E-state index contributed by atoms with van der Waals surface area (Å²) in [5, 5.41) is 3.77. The summed E-state index contributed by atoms with van der Waals surface area (Å²) in [4.78, 5) is 0.184. The molecule has 0 aromatic carbocycles. The van der Waals surface area contributed by atoms with Crippen LogP contribution in [-0.2, 0) is 17.1 Å². The molecule has 1 N–H and O–H groups in total. The van der Waals surface area contributed by atoms with E-state index in [0.29, 0.717) is 13.0 Å². The van der Waals surface area contributed by atoms with Gasteiger partial charge in [-0.15, -0.1) is 0 Å². The Morgan fingerprint density at radius 3 is 2.85 bits per heavy atom. The van der Waals surface area contributed by atoms with Gasteiger partial charge in [-0.1, -0.05) is 6.92 Å². The summed E-state index contributed by atoms with van der Waals surface area (Å²) < 4.78 is 26.7. The molecule has 0 atom stereocenters. The van der Waals surface area contributed by atoms with Crippen LogP contribution in [0.3, 0.4) is 0 Å². The van der Waals surface area contributed by atoms with Gasteiger partial charge in [-0.05, 0) is 6.42 Å². The van der Waals surface area contributed by atoms with Crippen LogP contribution in [-0.4, -0.2) is 24.7 Å². The van der Waals surface area contributed by atoms with Crippen LogP contribution in [0.15, 0.2) is 17.3 Å². The molecule has 0 amide bonds. The van der Waals surface area contributed by atoms with Crippen molar-refractivity contribution in [1.29, 1.82) is 0 Å². The molecule has 0 bridgehead atoms. The second kappa shape index (κ2) is 3.89. The van der Waals surface area contributed by atoms with E-state index in [9.17, 15) is 8.42 Å². The first-order valence-electron chi connectivity index (χ1n) is 3.84. The maximum Gasteiger partial charge on any atom is 0.243 e. The number of nitrogens with one attached hydrogen (secondary N) is 1. The fourth-order valence-electron chi connectivity index (χ4n) is 0.827. The molecule has 1 radical (unpaired) electrons. The van der Waals surface area contributed by atoms with E-state index in [2.05, 4.69) is 16.7 Å². The number of rotatable bonds is 4. The molecule has 1 rings (SSSR count). The molecule has 13 heavy (non-hydrogen) atoms. The number of aryl methyl sites for hydroxylation is 1. The van der Waals surface area contributed by atoms with Gasteiger partial charge >= 0.3 is 0 Å². The molecule has 1 aromatic rings. The minimum Gasteiger partial charge on any atom is -0.274 e. The standard InChI is InChI=1S/C7H12N3O2S/c1-3-4-9-13(11,12)7-5-8-10(2)6-7/h5-6,9H,1,3-4H2,2H3. The maximum absolute atomic E-state index is 11.4. The summed E-state index contributed by atoms with van der Waals surface area (Å²) >= 11 is 0. The average Bonchev–Trinajstić information content (AvgIpc) is 2.49. The van der Waals surface area contributed by atoms with Gasteiger partial charge in [0.25, 0.3) is 0 Å². The van der Waals surface area contributed by atoms with Crippen LogP contribution in [0.5, 0.6) is 0 Å². The maximum atomic E-state index is 11.4. The number of nitrogens with zero attached hydrogens (tertiary/aromatic N) is 2. The van der Waals surface area contributed by atoms with Crippen molar-refractivity contribution in [2.24, 2.45) is 7.05 Å². The van der Waals surface area contributed by atoms with Crippen LogP contribution in [0.25, 0.3) is 0 Å². The monoisotopic (exact) mass is 202 g/mol. The average molecular weight is 202 g/mol. The van der Waals surface area contributed by atoms with Crippen LogP contribution in [0.2, 0.25) is 0 Å². The molecule has 0 unspecified atom stereocenters. The lowest BCUT2D eigenvalue weighted by molar-refractivity contribution is 0.582. The first-order valence-corrected chi connectivity index (χ1v) is 5.32. The van der Waals surface area contributed by atoms with Crippen molar-refractivity contribution in [2.75, 3.05) is 6.54 Å². The quantitative estimate of drug-likeness (QED) is 0.743.